The van der Waals surface area contributed by atoms with E-state index in [1.807, 2.05) is 19.9 Å². The Bertz CT molecular complexity index is 1450. The van der Waals surface area contributed by atoms with Gasteiger partial charge in [-0.25, -0.2) is 9.97 Å². The molecule has 0 saturated carbocycles. The molecular weight excluding hydrogens is 424 g/mol. The predicted octanol–water partition coefficient (Wildman–Crippen LogP) is 3.40. The van der Waals surface area contributed by atoms with Crippen molar-refractivity contribution in [3.8, 4) is 23.2 Å². The molecule has 0 spiro atoms. The second-order valence-electron chi connectivity index (χ2n) is 8.73. The van der Waals surface area contributed by atoms with Crippen molar-refractivity contribution in [3.05, 3.63) is 56.9 Å². The summed E-state index contributed by atoms with van der Waals surface area (Å²) in [5.74, 6) is -0.877. The van der Waals surface area contributed by atoms with Crippen LogP contribution in [0.25, 0.3) is 12.0 Å². The van der Waals surface area contributed by atoms with E-state index in [1.165, 1.54) is 18.5 Å². The lowest BCUT2D eigenvalue weighted by Crippen LogP contribution is -2.36. The van der Waals surface area contributed by atoms with Gasteiger partial charge in [-0.05, 0) is 47.6 Å². The minimum Gasteiger partial charge on any atom is -0.507 e. The van der Waals surface area contributed by atoms with Crippen LogP contribution in [0.5, 0.6) is 17.2 Å². The highest BCUT2D eigenvalue weighted by atomic mass is 16.5. The summed E-state index contributed by atoms with van der Waals surface area (Å²) in [5.41, 5.74) is 1.61. The van der Waals surface area contributed by atoms with Crippen molar-refractivity contribution in [2.45, 2.75) is 47.0 Å². The average molecular weight is 446 g/mol. The van der Waals surface area contributed by atoms with Crippen molar-refractivity contribution < 1.29 is 24.5 Å². The first-order valence-corrected chi connectivity index (χ1v) is 10.4. The molecule has 1 aromatic carbocycles. The number of aromatic hydroxyl groups is 2. The molecule has 0 amide bonds. The molecule has 0 radical (unpaired) electrons. The van der Waals surface area contributed by atoms with Crippen LogP contribution in [-0.4, -0.2) is 41.5 Å². The molecule has 2 aromatic heterocycles. The van der Waals surface area contributed by atoms with Gasteiger partial charge in [-0.2, -0.15) is 9.78 Å². The van der Waals surface area contributed by atoms with Gasteiger partial charge in [0.15, 0.2) is 11.6 Å². The monoisotopic (exact) mass is 446 g/mol. The molecule has 0 saturated heterocycles. The summed E-state index contributed by atoms with van der Waals surface area (Å²) in [4.78, 5) is 35.2. The minimum absolute atomic E-state index is 0.00448. The first-order chi connectivity index (χ1) is 15.5. The van der Waals surface area contributed by atoms with Gasteiger partial charge in [0.1, 0.15) is 34.0 Å². The lowest BCUT2D eigenvalue weighted by atomic mass is 9.71. The molecule has 168 valence electrons. The second kappa shape index (κ2) is 6.50. The van der Waals surface area contributed by atoms with Crippen LogP contribution in [0.4, 0.5) is 0 Å². The summed E-state index contributed by atoms with van der Waals surface area (Å²) in [6, 6.07) is 1.84. The Balaban J connectivity index is 1.81. The van der Waals surface area contributed by atoms with Crippen molar-refractivity contribution in [2.75, 3.05) is 0 Å². The summed E-state index contributed by atoms with van der Waals surface area (Å²) in [6.07, 6.45) is 1.66. The van der Waals surface area contributed by atoms with Crippen molar-refractivity contribution in [1.82, 2.24) is 19.7 Å². The molecule has 5 rings (SSSR count). The quantitative estimate of drug-likeness (QED) is 0.574. The molecule has 2 N–H and O–H groups in total. The third kappa shape index (κ3) is 2.56. The van der Waals surface area contributed by atoms with Gasteiger partial charge in [0.2, 0.25) is 0 Å². The van der Waals surface area contributed by atoms with Crippen molar-refractivity contribution >= 4 is 17.6 Å². The Hall–Kier alpha value is -4.01. The number of carbonyl (C=O) groups excluding carboxylic acids is 2. The van der Waals surface area contributed by atoms with Gasteiger partial charge in [0.05, 0.1) is 22.5 Å². The van der Waals surface area contributed by atoms with Crippen LogP contribution >= 0.6 is 0 Å². The first kappa shape index (κ1) is 20.9. The van der Waals surface area contributed by atoms with E-state index in [-0.39, 0.29) is 45.5 Å². The van der Waals surface area contributed by atoms with Crippen LogP contribution in [0.1, 0.15) is 68.5 Å². The number of rotatable bonds is 2. The summed E-state index contributed by atoms with van der Waals surface area (Å²) in [6.45, 7) is 9.84. The predicted molar refractivity (Wildman–Crippen MR) is 118 cm³/mol. The molecule has 3 heterocycles. The fourth-order valence-corrected chi connectivity index (χ4v) is 4.74. The highest BCUT2D eigenvalue weighted by molar-refractivity contribution is 6.14. The Morgan fingerprint density at radius 2 is 1.73 bits per heavy atom. The highest BCUT2D eigenvalue weighted by Crippen LogP contribution is 2.58. The fourth-order valence-electron chi connectivity index (χ4n) is 4.74. The number of aryl methyl sites for hydroxylation is 3. The Labute approximate surface area is 189 Å². The molecule has 1 aliphatic heterocycles. The zero-order chi connectivity index (χ0) is 24.0. The molecule has 9 heteroatoms. The van der Waals surface area contributed by atoms with E-state index < -0.39 is 11.2 Å². The van der Waals surface area contributed by atoms with Crippen LogP contribution in [-0.2, 0) is 5.41 Å². The third-order valence-corrected chi connectivity index (χ3v) is 6.40. The number of aromatic nitrogens is 4. The zero-order valence-electron chi connectivity index (χ0n) is 19.1. The SMILES string of the molecule is CC(=O)c1c(O)c(C)c(O)c2c1OC1=Cc3c(c(C)nn3-c3nc(C)cc(C)n3)C(=O)[C@@]12C. The molecule has 0 unspecified atom stereocenters. The number of ketones is 2. The minimum atomic E-state index is -1.39. The second-order valence-corrected chi connectivity index (χ2v) is 8.73. The van der Waals surface area contributed by atoms with Gasteiger partial charge >= 0.3 is 0 Å². The molecule has 2 aliphatic rings. The molecule has 1 atom stereocenters. The molecule has 0 bridgehead atoms. The van der Waals surface area contributed by atoms with Crippen LogP contribution in [0.15, 0.2) is 11.8 Å². The lowest BCUT2D eigenvalue weighted by Gasteiger charge is -2.27. The van der Waals surface area contributed by atoms with E-state index in [0.717, 1.165) is 11.4 Å². The van der Waals surface area contributed by atoms with Crippen molar-refractivity contribution in [3.63, 3.8) is 0 Å². The van der Waals surface area contributed by atoms with Crippen LogP contribution in [0.2, 0.25) is 0 Å². The van der Waals surface area contributed by atoms with Crippen LogP contribution in [0.3, 0.4) is 0 Å². The maximum Gasteiger partial charge on any atom is 0.251 e. The summed E-state index contributed by atoms with van der Waals surface area (Å²) in [5, 5.41) is 26.0. The highest BCUT2D eigenvalue weighted by Gasteiger charge is 2.55. The number of phenols is 2. The number of carbonyl (C=O) groups is 2. The van der Waals surface area contributed by atoms with E-state index in [9.17, 15) is 19.8 Å². The van der Waals surface area contributed by atoms with Crippen LogP contribution in [0, 0.1) is 27.7 Å². The number of hydrogen-bond donors (Lipinski definition) is 2. The zero-order valence-corrected chi connectivity index (χ0v) is 19.1. The molecule has 9 nitrogen and oxygen atoms in total. The molecule has 0 fully saturated rings. The van der Waals surface area contributed by atoms with Gasteiger partial charge in [0.25, 0.3) is 5.95 Å². The summed E-state index contributed by atoms with van der Waals surface area (Å²) in [7, 11) is 0. The molecule has 1 aliphatic carbocycles. The molecule has 33 heavy (non-hydrogen) atoms. The maximum atomic E-state index is 13.9. The number of fused-ring (bicyclic) bond motifs is 4. The van der Waals surface area contributed by atoms with Gasteiger partial charge in [-0.15, -0.1) is 0 Å². The summed E-state index contributed by atoms with van der Waals surface area (Å²) < 4.78 is 7.51. The smallest absolute Gasteiger partial charge is 0.251 e. The van der Waals surface area contributed by atoms with Gasteiger partial charge in [-0.3, -0.25) is 9.59 Å². The Morgan fingerprint density at radius 3 is 2.33 bits per heavy atom. The number of phenolic OH excluding ortho intramolecular Hbond substituents is 2. The number of ether oxygens (including phenoxy) is 1. The first-order valence-electron chi connectivity index (χ1n) is 10.4. The normalized spacial score (nSPS) is 18.4. The van der Waals surface area contributed by atoms with E-state index >= 15 is 0 Å². The van der Waals surface area contributed by atoms with E-state index in [0.29, 0.717) is 22.9 Å². The largest absolute Gasteiger partial charge is 0.507 e. The topological polar surface area (TPSA) is 127 Å². The van der Waals surface area contributed by atoms with E-state index in [1.54, 1.807) is 19.9 Å². The summed E-state index contributed by atoms with van der Waals surface area (Å²) >= 11 is 0. The Kier molecular flexibility index (Phi) is 4.11. The Morgan fingerprint density at radius 1 is 1.09 bits per heavy atom. The number of allylic oxidation sites excluding steroid dienone is 1. The lowest BCUT2D eigenvalue weighted by molar-refractivity contribution is 0.0905. The van der Waals surface area contributed by atoms with Crippen molar-refractivity contribution in [2.24, 2.45) is 0 Å². The molecular formula is C24H22N4O5. The van der Waals surface area contributed by atoms with E-state index in [4.69, 9.17) is 4.74 Å². The standard InChI is InChI=1S/C24H22N4O5/c1-9-7-10(2)26-23(25-9)28-14-8-15-24(6,22(32)16(14)12(4)27-28)18-20(31)11(3)19(30)17(13(5)29)21(18)33-15/h7-8,30-31H,1-6H3/t24-/m0/s1. The third-order valence-electron chi connectivity index (χ3n) is 6.40. The van der Waals surface area contributed by atoms with E-state index in [2.05, 4.69) is 15.1 Å². The van der Waals surface area contributed by atoms with Crippen molar-refractivity contribution in [1.29, 1.82) is 0 Å². The fraction of sp³-hybridized carbons (Fsp3) is 0.292. The van der Waals surface area contributed by atoms with Gasteiger partial charge in [-0.1, -0.05) is 0 Å². The van der Waals surface area contributed by atoms with Crippen LogP contribution < -0.4 is 4.74 Å². The number of hydrogen-bond acceptors (Lipinski definition) is 8. The maximum absolute atomic E-state index is 13.9. The number of nitrogens with zero attached hydrogens (tertiary/aromatic N) is 4. The molecule has 3 aromatic rings. The number of benzene rings is 1. The average Bonchev–Trinajstić information content (AvgIpc) is 3.21. The van der Waals surface area contributed by atoms with Gasteiger partial charge < -0.3 is 14.9 Å². The van der Waals surface area contributed by atoms with Gasteiger partial charge in [0, 0.05) is 23.0 Å². The number of Topliss-reactive ketones (excluding diaryl/α,β-unsaturated/α-hetero) is 2.